The number of nitrogens with zero attached hydrogens (tertiary/aromatic N) is 4. The van der Waals surface area contributed by atoms with Crippen LogP contribution in [0.15, 0.2) is 53.3 Å². The van der Waals surface area contributed by atoms with Crippen LogP contribution in [-0.2, 0) is 0 Å². The van der Waals surface area contributed by atoms with Crippen LogP contribution < -0.4 is 15.9 Å². The number of carbonyl (C=O) groups excluding carboxylic acids is 1. The minimum absolute atomic E-state index is 0.362. The third-order valence-electron chi connectivity index (χ3n) is 5.25. The van der Waals surface area contributed by atoms with E-state index in [1.807, 2.05) is 19.0 Å². The van der Waals surface area contributed by atoms with Crippen LogP contribution >= 0.6 is 11.3 Å². The molecule has 1 aliphatic rings. The van der Waals surface area contributed by atoms with Crippen molar-refractivity contribution in [2.24, 2.45) is 0 Å². The number of thiazole rings is 1. The number of fused-ring (bicyclic) bond motifs is 1. The van der Waals surface area contributed by atoms with Crippen molar-refractivity contribution in [2.45, 2.75) is 18.8 Å². The van der Waals surface area contributed by atoms with Crippen LogP contribution in [0.5, 0.6) is 0 Å². The molecule has 4 aromatic rings. The number of amides is 1. The van der Waals surface area contributed by atoms with Crippen LogP contribution in [0.4, 0.5) is 15.9 Å². The summed E-state index contributed by atoms with van der Waals surface area (Å²) in [4.78, 5) is 36.6. The molecule has 0 aliphatic heterocycles. The van der Waals surface area contributed by atoms with Crippen molar-refractivity contribution in [1.82, 2.24) is 14.5 Å². The molecule has 0 atom stereocenters. The first kappa shape index (κ1) is 20.3. The second-order valence-corrected chi connectivity index (χ2v) is 8.97. The van der Waals surface area contributed by atoms with Crippen molar-refractivity contribution in [2.75, 3.05) is 24.3 Å². The second-order valence-electron chi connectivity index (χ2n) is 7.94. The standard InChI is InChI=1S/C23H20FN5O2S/c1-28(2)19-18-20(26-22(32-18)13-6-7-13)29(23(31)27-19)17-5-3-4-14(12-17)21(30)25-16-10-8-15(24)9-11-16/h3-5,8-13H,6-7H2,1-2H3,(H,25,30). The quantitative estimate of drug-likeness (QED) is 0.495. The Balaban J connectivity index is 1.57. The predicted octanol–water partition coefficient (Wildman–Crippen LogP) is 4.18. The molecule has 32 heavy (non-hydrogen) atoms. The van der Waals surface area contributed by atoms with Crippen molar-refractivity contribution < 1.29 is 9.18 Å². The van der Waals surface area contributed by atoms with E-state index in [0.29, 0.717) is 34.3 Å². The van der Waals surface area contributed by atoms with Crippen molar-refractivity contribution in [3.8, 4) is 5.69 Å². The average Bonchev–Trinajstić information content (AvgIpc) is 3.54. The zero-order chi connectivity index (χ0) is 22.4. The first-order valence-corrected chi connectivity index (χ1v) is 11.0. The zero-order valence-electron chi connectivity index (χ0n) is 17.5. The molecule has 2 aromatic carbocycles. The van der Waals surface area contributed by atoms with E-state index in [1.165, 1.54) is 28.8 Å². The zero-order valence-corrected chi connectivity index (χ0v) is 18.3. The lowest BCUT2D eigenvalue weighted by molar-refractivity contribution is 0.102. The lowest BCUT2D eigenvalue weighted by Crippen LogP contribution is -2.25. The number of aromatic nitrogens is 3. The van der Waals surface area contributed by atoms with Gasteiger partial charge in [-0.2, -0.15) is 4.98 Å². The maximum atomic E-state index is 13.1. The van der Waals surface area contributed by atoms with Gasteiger partial charge in [-0.15, -0.1) is 11.3 Å². The van der Waals surface area contributed by atoms with Crippen LogP contribution in [0.2, 0.25) is 0 Å². The minimum Gasteiger partial charge on any atom is -0.361 e. The van der Waals surface area contributed by atoms with Crippen molar-refractivity contribution in [1.29, 1.82) is 0 Å². The Morgan fingerprint density at radius 1 is 1.16 bits per heavy atom. The van der Waals surface area contributed by atoms with Gasteiger partial charge in [-0.3, -0.25) is 4.79 Å². The molecule has 0 unspecified atom stereocenters. The molecule has 2 heterocycles. The number of hydrogen-bond donors (Lipinski definition) is 1. The normalized spacial score (nSPS) is 13.3. The molecule has 0 bridgehead atoms. The van der Waals surface area contributed by atoms with Gasteiger partial charge in [-0.05, 0) is 55.3 Å². The van der Waals surface area contributed by atoms with Crippen LogP contribution in [0.25, 0.3) is 16.0 Å². The monoisotopic (exact) mass is 449 g/mol. The Kier molecular flexibility index (Phi) is 4.97. The Hall–Kier alpha value is -3.59. The summed E-state index contributed by atoms with van der Waals surface area (Å²) in [7, 11) is 3.70. The van der Waals surface area contributed by atoms with E-state index in [9.17, 15) is 14.0 Å². The number of rotatable bonds is 5. The highest BCUT2D eigenvalue weighted by Gasteiger charge is 2.29. The Morgan fingerprint density at radius 3 is 2.59 bits per heavy atom. The van der Waals surface area contributed by atoms with E-state index < -0.39 is 5.69 Å². The highest BCUT2D eigenvalue weighted by atomic mass is 32.1. The fourth-order valence-electron chi connectivity index (χ4n) is 3.47. The predicted molar refractivity (Wildman–Crippen MR) is 124 cm³/mol. The number of carbonyl (C=O) groups is 1. The molecule has 1 fully saturated rings. The fourth-order valence-corrected chi connectivity index (χ4v) is 4.76. The number of anilines is 2. The molecule has 1 N–H and O–H groups in total. The third kappa shape index (κ3) is 3.75. The van der Waals surface area contributed by atoms with Crippen molar-refractivity contribution in [3.63, 3.8) is 0 Å². The maximum absolute atomic E-state index is 13.1. The van der Waals surface area contributed by atoms with E-state index in [2.05, 4.69) is 10.3 Å². The van der Waals surface area contributed by atoms with Crippen molar-refractivity contribution in [3.05, 3.63) is 75.4 Å². The summed E-state index contributed by atoms with van der Waals surface area (Å²) in [6, 6.07) is 12.3. The molecule has 1 amide bonds. The molecule has 0 saturated heterocycles. The summed E-state index contributed by atoms with van der Waals surface area (Å²) >= 11 is 1.57. The molecule has 162 valence electrons. The van der Waals surface area contributed by atoms with E-state index in [0.717, 1.165) is 22.5 Å². The molecule has 9 heteroatoms. The van der Waals surface area contributed by atoms with E-state index in [-0.39, 0.29) is 11.7 Å². The topological polar surface area (TPSA) is 80.1 Å². The summed E-state index contributed by atoms with van der Waals surface area (Å²) < 4.78 is 15.4. The molecule has 1 saturated carbocycles. The van der Waals surface area contributed by atoms with Gasteiger partial charge in [0.25, 0.3) is 5.91 Å². The van der Waals surface area contributed by atoms with Crippen molar-refractivity contribution >= 4 is 39.1 Å². The molecule has 0 radical (unpaired) electrons. The number of halogens is 1. The third-order valence-corrected chi connectivity index (χ3v) is 6.46. The largest absolute Gasteiger partial charge is 0.361 e. The minimum atomic E-state index is -0.454. The molecule has 5 rings (SSSR count). The Labute approximate surface area is 187 Å². The van der Waals surface area contributed by atoms with Gasteiger partial charge >= 0.3 is 5.69 Å². The SMILES string of the molecule is CN(C)c1nc(=O)n(-c2cccc(C(=O)Nc3ccc(F)cc3)c2)c2nc(C3CC3)sc12. The van der Waals surface area contributed by atoms with E-state index in [1.54, 1.807) is 35.6 Å². The van der Waals surface area contributed by atoms with Gasteiger partial charge in [-0.1, -0.05) is 6.07 Å². The number of nitrogens with one attached hydrogen (secondary N) is 1. The fraction of sp³-hybridized carbons (Fsp3) is 0.217. The molecule has 1 aliphatic carbocycles. The van der Waals surface area contributed by atoms with Gasteiger partial charge in [0.05, 0.1) is 10.7 Å². The van der Waals surface area contributed by atoms with Gasteiger partial charge < -0.3 is 10.2 Å². The molecule has 7 nitrogen and oxygen atoms in total. The molecule has 2 aromatic heterocycles. The first-order chi connectivity index (χ1) is 15.4. The van der Waals surface area contributed by atoms with Gasteiger partial charge in [0.15, 0.2) is 11.5 Å². The van der Waals surface area contributed by atoms with Gasteiger partial charge in [0.1, 0.15) is 10.5 Å². The highest BCUT2D eigenvalue weighted by molar-refractivity contribution is 7.19. The first-order valence-electron chi connectivity index (χ1n) is 10.2. The van der Waals surface area contributed by atoms with E-state index in [4.69, 9.17) is 4.98 Å². The van der Waals surface area contributed by atoms with Crippen LogP contribution in [0.3, 0.4) is 0 Å². The number of benzene rings is 2. The smallest absolute Gasteiger partial charge is 0.355 e. The summed E-state index contributed by atoms with van der Waals surface area (Å²) in [6.07, 6.45) is 2.21. The summed E-state index contributed by atoms with van der Waals surface area (Å²) in [5.74, 6) is 0.295. The number of hydrogen-bond acceptors (Lipinski definition) is 6. The Morgan fingerprint density at radius 2 is 1.91 bits per heavy atom. The lowest BCUT2D eigenvalue weighted by atomic mass is 10.1. The average molecular weight is 450 g/mol. The van der Waals surface area contributed by atoms with Gasteiger partial charge in [0.2, 0.25) is 0 Å². The summed E-state index contributed by atoms with van der Waals surface area (Å²) in [5, 5.41) is 3.75. The maximum Gasteiger partial charge on any atom is 0.355 e. The van der Waals surface area contributed by atoms with Gasteiger partial charge in [0, 0.05) is 31.3 Å². The Bertz CT molecular complexity index is 1390. The second kappa shape index (κ2) is 7.83. The summed E-state index contributed by atoms with van der Waals surface area (Å²) in [6.45, 7) is 0. The van der Waals surface area contributed by atoms with Crippen LogP contribution in [0.1, 0.15) is 34.1 Å². The van der Waals surface area contributed by atoms with Crippen LogP contribution in [-0.4, -0.2) is 34.5 Å². The van der Waals surface area contributed by atoms with Crippen LogP contribution in [0, 0.1) is 5.82 Å². The molecular formula is C23H20FN5O2S. The van der Waals surface area contributed by atoms with Gasteiger partial charge in [-0.25, -0.2) is 18.7 Å². The van der Waals surface area contributed by atoms with E-state index >= 15 is 0 Å². The summed E-state index contributed by atoms with van der Waals surface area (Å²) in [5.41, 5.74) is 1.45. The highest BCUT2D eigenvalue weighted by Crippen LogP contribution is 2.44. The molecule has 0 spiro atoms. The molecular weight excluding hydrogens is 429 g/mol. The lowest BCUT2D eigenvalue weighted by Gasteiger charge is -2.14.